The van der Waals surface area contributed by atoms with Crippen LogP contribution in [0.5, 0.6) is 0 Å². The zero-order valence-corrected chi connectivity index (χ0v) is 10.4. The van der Waals surface area contributed by atoms with E-state index in [1.165, 1.54) is 17.6 Å². The van der Waals surface area contributed by atoms with Gasteiger partial charge in [0.25, 0.3) is 5.91 Å². The van der Waals surface area contributed by atoms with Crippen molar-refractivity contribution >= 4 is 21.8 Å². The van der Waals surface area contributed by atoms with Gasteiger partial charge in [-0.1, -0.05) is 6.07 Å². The van der Waals surface area contributed by atoms with Gasteiger partial charge >= 0.3 is 15.5 Å². The molecule has 0 atom stereocenters. The van der Waals surface area contributed by atoms with Crippen molar-refractivity contribution in [3.63, 3.8) is 0 Å². The number of halogens is 3. The summed E-state index contributed by atoms with van der Waals surface area (Å²) in [5.41, 5.74) is 0.452. The van der Waals surface area contributed by atoms with Gasteiger partial charge in [0.1, 0.15) is 0 Å². The Bertz CT molecular complexity index is 642. The minimum absolute atomic E-state index is 0.0590. The number of amides is 2. The van der Waals surface area contributed by atoms with Crippen molar-refractivity contribution in [3.8, 4) is 0 Å². The summed E-state index contributed by atoms with van der Waals surface area (Å²) in [7, 11) is -5.70. The number of carbonyl (C=O) groups is 2. The normalized spacial score (nSPS) is 11.9. The average Bonchev–Trinajstić information content (AvgIpc) is 2.34. The van der Waals surface area contributed by atoms with Crippen molar-refractivity contribution < 1.29 is 31.2 Å². The van der Waals surface area contributed by atoms with Gasteiger partial charge in [-0.05, 0) is 18.2 Å². The van der Waals surface area contributed by atoms with Gasteiger partial charge in [0, 0.05) is 11.1 Å². The van der Waals surface area contributed by atoms with Crippen LogP contribution in [0.3, 0.4) is 0 Å². The second kappa shape index (κ2) is 5.46. The molecule has 0 aromatic heterocycles. The predicted octanol–water partition coefficient (Wildman–Crippen LogP) is -0.131. The summed E-state index contributed by atoms with van der Waals surface area (Å²) in [5, 5.41) is 0. The molecule has 0 aliphatic rings. The maximum absolute atomic E-state index is 12.0. The molecule has 1 aromatic carbocycles. The van der Waals surface area contributed by atoms with Crippen molar-refractivity contribution in [1.82, 2.24) is 10.3 Å². The van der Waals surface area contributed by atoms with Crippen LogP contribution in [0.4, 0.5) is 13.2 Å². The van der Waals surface area contributed by atoms with Crippen molar-refractivity contribution in [3.05, 3.63) is 35.4 Å². The summed E-state index contributed by atoms with van der Waals surface area (Å²) in [6.45, 7) is 0. The standard InChI is InChI=1S/C9H8F3N3O4S/c10-9(11,12)20(18,19)15-14-8(17)6-3-1-2-5(4-6)7(13)16/h1-4,15H,(H2,13,16)(H,14,17). The van der Waals surface area contributed by atoms with Gasteiger partial charge < -0.3 is 5.73 Å². The number of rotatable bonds is 4. The molecular formula is C9H8F3N3O4S. The molecule has 0 saturated carbocycles. The number of alkyl halides is 3. The molecule has 0 aliphatic heterocycles. The summed E-state index contributed by atoms with van der Waals surface area (Å²) in [6.07, 6.45) is 0. The minimum Gasteiger partial charge on any atom is -0.366 e. The number of nitrogens with two attached hydrogens (primary N) is 1. The molecule has 4 N–H and O–H groups in total. The molecule has 11 heteroatoms. The Morgan fingerprint density at radius 2 is 1.70 bits per heavy atom. The third-order valence-electron chi connectivity index (χ3n) is 2.01. The van der Waals surface area contributed by atoms with Crippen molar-refractivity contribution in [2.75, 3.05) is 0 Å². The third-order valence-corrected chi connectivity index (χ3v) is 2.99. The van der Waals surface area contributed by atoms with Gasteiger partial charge in [0.15, 0.2) is 0 Å². The first kappa shape index (κ1) is 15.9. The highest BCUT2D eigenvalue weighted by Gasteiger charge is 2.46. The average molecular weight is 311 g/mol. The number of benzene rings is 1. The van der Waals surface area contributed by atoms with Crippen LogP contribution in [0.2, 0.25) is 0 Å². The molecule has 0 unspecified atom stereocenters. The molecule has 0 spiro atoms. The van der Waals surface area contributed by atoms with Crippen LogP contribution < -0.4 is 16.0 Å². The second-order valence-electron chi connectivity index (χ2n) is 3.45. The van der Waals surface area contributed by atoms with Crippen LogP contribution in [0.1, 0.15) is 20.7 Å². The van der Waals surface area contributed by atoms with Crippen LogP contribution in [0.15, 0.2) is 24.3 Å². The Balaban J connectivity index is 2.83. The first-order chi connectivity index (χ1) is 9.04. The number of carbonyl (C=O) groups excluding carboxylic acids is 2. The first-order valence-electron chi connectivity index (χ1n) is 4.83. The van der Waals surface area contributed by atoms with Crippen LogP contribution >= 0.6 is 0 Å². The zero-order chi connectivity index (χ0) is 15.6. The first-order valence-corrected chi connectivity index (χ1v) is 6.31. The van der Waals surface area contributed by atoms with Crippen molar-refractivity contribution in [1.29, 1.82) is 0 Å². The lowest BCUT2D eigenvalue weighted by atomic mass is 10.1. The molecule has 0 aliphatic carbocycles. The number of sulfonamides is 1. The Hall–Kier alpha value is -2.14. The lowest BCUT2D eigenvalue weighted by molar-refractivity contribution is -0.0450. The molecule has 2 amide bonds. The van der Waals surface area contributed by atoms with E-state index >= 15 is 0 Å². The smallest absolute Gasteiger partial charge is 0.366 e. The number of hydrazine groups is 1. The van der Waals surface area contributed by atoms with Gasteiger partial charge in [-0.15, -0.1) is 4.83 Å². The summed E-state index contributed by atoms with van der Waals surface area (Å²) in [6, 6.07) is 4.69. The van der Waals surface area contributed by atoms with E-state index in [1.807, 2.05) is 0 Å². The summed E-state index contributed by atoms with van der Waals surface area (Å²) in [5.74, 6) is -2.03. The van der Waals surface area contributed by atoms with E-state index in [9.17, 15) is 31.2 Å². The highest BCUT2D eigenvalue weighted by Crippen LogP contribution is 2.20. The van der Waals surface area contributed by atoms with E-state index in [0.717, 1.165) is 17.0 Å². The lowest BCUT2D eigenvalue weighted by Crippen LogP contribution is -2.47. The summed E-state index contributed by atoms with van der Waals surface area (Å²) >= 11 is 0. The highest BCUT2D eigenvalue weighted by molar-refractivity contribution is 7.90. The van der Waals surface area contributed by atoms with E-state index in [-0.39, 0.29) is 11.1 Å². The minimum atomic E-state index is -5.70. The molecule has 20 heavy (non-hydrogen) atoms. The fourth-order valence-electron chi connectivity index (χ4n) is 1.06. The summed E-state index contributed by atoms with van der Waals surface area (Å²) in [4.78, 5) is 23.2. The van der Waals surface area contributed by atoms with E-state index in [2.05, 4.69) is 0 Å². The van der Waals surface area contributed by atoms with E-state index in [1.54, 1.807) is 0 Å². The van der Waals surface area contributed by atoms with Gasteiger partial charge in [-0.25, -0.2) is 8.42 Å². The molecule has 7 nitrogen and oxygen atoms in total. The molecule has 0 saturated heterocycles. The fraction of sp³-hybridized carbons (Fsp3) is 0.111. The lowest BCUT2D eigenvalue weighted by Gasteiger charge is -2.10. The van der Waals surface area contributed by atoms with Crippen LogP contribution in [-0.2, 0) is 10.0 Å². The predicted molar refractivity (Wildman–Crippen MR) is 60.5 cm³/mol. The van der Waals surface area contributed by atoms with Crippen LogP contribution in [0.25, 0.3) is 0 Å². The molecular weight excluding hydrogens is 303 g/mol. The Morgan fingerprint density at radius 1 is 1.15 bits per heavy atom. The molecule has 0 fully saturated rings. The number of nitrogens with one attached hydrogen (secondary N) is 2. The Kier molecular flexibility index (Phi) is 4.35. The molecule has 1 rings (SSSR count). The van der Waals surface area contributed by atoms with Crippen molar-refractivity contribution in [2.45, 2.75) is 5.51 Å². The van der Waals surface area contributed by atoms with E-state index in [0.29, 0.717) is 0 Å². The van der Waals surface area contributed by atoms with E-state index in [4.69, 9.17) is 5.73 Å². The summed E-state index contributed by atoms with van der Waals surface area (Å²) < 4.78 is 57.3. The fourth-order valence-corrected chi connectivity index (χ4v) is 1.40. The largest absolute Gasteiger partial charge is 0.513 e. The van der Waals surface area contributed by atoms with Gasteiger partial charge in [0.05, 0.1) is 0 Å². The van der Waals surface area contributed by atoms with Crippen molar-refractivity contribution in [2.24, 2.45) is 5.73 Å². The quantitative estimate of drug-likeness (QED) is 0.671. The zero-order valence-electron chi connectivity index (χ0n) is 9.56. The number of hydrogen-bond acceptors (Lipinski definition) is 4. The third kappa shape index (κ3) is 3.68. The topological polar surface area (TPSA) is 118 Å². The van der Waals surface area contributed by atoms with E-state index < -0.39 is 27.3 Å². The van der Waals surface area contributed by atoms with Gasteiger partial charge in [0.2, 0.25) is 5.91 Å². The molecule has 110 valence electrons. The van der Waals surface area contributed by atoms with Crippen LogP contribution in [0, 0.1) is 0 Å². The molecule has 0 bridgehead atoms. The Morgan fingerprint density at radius 3 is 2.20 bits per heavy atom. The van der Waals surface area contributed by atoms with Gasteiger partial charge in [-0.3, -0.25) is 15.0 Å². The Labute approximate surface area is 111 Å². The molecule has 0 heterocycles. The second-order valence-corrected chi connectivity index (χ2v) is 5.12. The maximum Gasteiger partial charge on any atom is 0.513 e. The number of hydrogen-bond donors (Lipinski definition) is 3. The number of primary amides is 1. The van der Waals surface area contributed by atoms with Gasteiger partial charge in [-0.2, -0.15) is 13.2 Å². The maximum atomic E-state index is 12.0. The highest BCUT2D eigenvalue weighted by atomic mass is 32.2. The molecule has 1 aromatic rings. The van der Waals surface area contributed by atoms with Crippen LogP contribution in [-0.4, -0.2) is 25.7 Å². The molecule has 0 radical (unpaired) electrons. The monoisotopic (exact) mass is 311 g/mol. The SMILES string of the molecule is NC(=O)c1cccc(C(=O)NNS(=O)(=O)C(F)(F)F)c1.